The Balaban J connectivity index is 2.53. The maximum atomic E-state index is 12.1. The van der Waals surface area contributed by atoms with Crippen LogP contribution >= 0.6 is 0 Å². The van der Waals surface area contributed by atoms with Crippen molar-refractivity contribution in [1.29, 1.82) is 0 Å². The second-order valence-electron chi connectivity index (χ2n) is 5.61. The highest BCUT2D eigenvalue weighted by Gasteiger charge is 2.12. The quantitative estimate of drug-likeness (QED) is 0.734. The van der Waals surface area contributed by atoms with Crippen LogP contribution in [-0.4, -0.2) is 31.5 Å². The lowest BCUT2D eigenvalue weighted by Crippen LogP contribution is -2.18. The number of nitrogens with two attached hydrogens (primary N) is 1. The number of nitrogens with zero attached hydrogens (tertiary/aromatic N) is 2. The topological polar surface area (TPSA) is 71.2 Å². The Morgan fingerprint density at radius 3 is 2.76 bits per heavy atom. The van der Waals surface area contributed by atoms with Crippen molar-refractivity contribution >= 4 is 17.3 Å². The molecule has 0 aliphatic rings. The average Bonchev–Trinajstić information content (AvgIpc) is 2.45. The van der Waals surface area contributed by atoms with E-state index in [2.05, 4.69) is 17.2 Å². The zero-order valence-electron chi connectivity index (χ0n) is 13.4. The number of amides is 1. The van der Waals surface area contributed by atoms with Gasteiger partial charge in [-0.25, -0.2) is 0 Å². The summed E-state index contributed by atoms with van der Waals surface area (Å²) in [6.07, 6.45) is 8.12. The molecule has 5 heteroatoms. The fraction of sp³-hybridized carbons (Fsp3) is 0.625. The summed E-state index contributed by atoms with van der Waals surface area (Å²) >= 11 is 0. The van der Waals surface area contributed by atoms with Crippen molar-refractivity contribution < 1.29 is 4.79 Å². The molecule has 1 unspecified atom stereocenters. The summed E-state index contributed by atoms with van der Waals surface area (Å²) in [4.78, 5) is 18.2. The van der Waals surface area contributed by atoms with Crippen LogP contribution < -0.4 is 16.0 Å². The predicted molar refractivity (Wildman–Crippen MR) is 88.5 cm³/mol. The lowest BCUT2D eigenvalue weighted by molar-refractivity contribution is -0.116. The van der Waals surface area contributed by atoms with Crippen molar-refractivity contribution in [2.24, 2.45) is 11.7 Å². The van der Waals surface area contributed by atoms with E-state index in [9.17, 15) is 4.79 Å². The standard InChI is InChI=1S/C16H28N4O/c1-4-5-13(8-10-17)6-7-16(21)19-14-12-18-11-9-15(14)20(2)3/h9,11-13H,4-8,10,17H2,1-3H3,(H,19,21). The summed E-state index contributed by atoms with van der Waals surface area (Å²) < 4.78 is 0. The van der Waals surface area contributed by atoms with Crippen LogP contribution in [0.15, 0.2) is 18.5 Å². The van der Waals surface area contributed by atoms with Crippen molar-refractivity contribution in [2.45, 2.75) is 39.0 Å². The molecule has 1 atom stereocenters. The normalized spacial score (nSPS) is 12.0. The molecule has 3 N–H and O–H groups in total. The third-order valence-electron chi connectivity index (χ3n) is 3.61. The van der Waals surface area contributed by atoms with Crippen molar-refractivity contribution in [3.05, 3.63) is 18.5 Å². The van der Waals surface area contributed by atoms with Gasteiger partial charge in [-0.2, -0.15) is 0 Å². The Labute approximate surface area is 127 Å². The number of rotatable bonds is 9. The fourth-order valence-corrected chi connectivity index (χ4v) is 2.50. The SMILES string of the molecule is CCCC(CCN)CCC(=O)Nc1cnccc1N(C)C. The van der Waals surface area contributed by atoms with Gasteiger partial charge in [-0.05, 0) is 31.4 Å². The van der Waals surface area contributed by atoms with E-state index in [1.807, 2.05) is 25.1 Å². The molecule has 0 fully saturated rings. The molecular formula is C16H28N4O. The van der Waals surface area contributed by atoms with Gasteiger partial charge in [0, 0.05) is 26.7 Å². The molecule has 0 aliphatic heterocycles. The van der Waals surface area contributed by atoms with Gasteiger partial charge in [0.1, 0.15) is 0 Å². The summed E-state index contributed by atoms with van der Waals surface area (Å²) in [6.45, 7) is 2.86. The van der Waals surface area contributed by atoms with E-state index in [4.69, 9.17) is 5.73 Å². The summed E-state index contributed by atoms with van der Waals surface area (Å²) in [6, 6.07) is 1.89. The van der Waals surface area contributed by atoms with Crippen molar-refractivity contribution in [3.8, 4) is 0 Å². The molecular weight excluding hydrogens is 264 g/mol. The highest BCUT2D eigenvalue weighted by atomic mass is 16.1. The number of pyridine rings is 1. The van der Waals surface area contributed by atoms with E-state index in [1.54, 1.807) is 12.4 Å². The maximum absolute atomic E-state index is 12.1. The summed E-state index contributed by atoms with van der Waals surface area (Å²) in [5.74, 6) is 0.595. The monoisotopic (exact) mass is 292 g/mol. The molecule has 0 radical (unpaired) electrons. The van der Waals surface area contributed by atoms with Crippen LogP contribution in [-0.2, 0) is 4.79 Å². The van der Waals surface area contributed by atoms with Crippen molar-refractivity contribution in [3.63, 3.8) is 0 Å². The third-order valence-corrected chi connectivity index (χ3v) is 3.61. The first-order valence-corrected chi connectivity index (χ1v) is 7.69. The molecule has 0 saturated heterocycles. The molecule has 0 bridgehead atoms. The van der Waals surface area contributed by atoms with Crippen molar-refractivity contribution in [2.75, 3.05) is 30.9 Å². The van der Waals surface area contributed by atoms with Crippen LogP contribution in [0, 0.1) is 5.92 Å². The van der Waals surface area contributed by atoms with Gasteiger partial charge in [0.25, 0.3) is 0 Å². The minimum absolute atomic E-state index is 0.0456. The Morgan fingerprint density at radius 2 is 2.14 bits per heavy atom. The Kier molecular flexibility index (Phi) is 7.75. The molecule has 0 aromatic carbocycles. The molecule has 0 saturated carbocycles. The first kappa shape index (κ1) is 17.4. The van der Waals surface area contributed by atoms with Gasteiger partial charge in [0.05, 0.1) is 17.6 Å². The molecule has 5 nitrogen and oxygen atoms in total. The molecule has 1 aromatic rings. The van der Waals surface area contributed by atoms with Gasteiger partial charge in [-0.3, -0.25) is 9.78 Å². The van der Waals surface area contributed by atoms with Crippen LogP contribution in [0.5, 0.6) is 0 Å². The summed E-state index contributed by atoms with van der Waals surface area (Å²) in [7, 11) is 3.90. The van der Waals surface area contributed by atoms with E-state index >= 15 is 0 Å². The van der Waals surface area contributed by atoms with Crippen LogP contribution in [0.1, 0.15) is 39.0 Å². The number of aromatic nitrogens is 1. The summed E-state index contributed by atoms with van der Waals surface area (Å²) in [5, 5.41) is 2.96. The van der Waals surface area contributed by atoms with E-state index in [1.165, 1.54) is 0 Å². The maximum Gasteiger partial charge on any atom is 0.224 e. The largest absolute Gasteiger partial charge is 0.376 e. The summed E-state index contributed by atoms with van der Waals surface area (Å²) in [5.41, 5.74) is 7.35. The lowest BCUT2D eigenvalue weighted by atomic mass is 9.94. The van der Waals surface area contributed by atoms with Crippen LogP contribution in [0.25, 0.3) is 0 Å². The molecule has 21 heavy (non-hydrogen) atoms. The zero-order valence-corrected chi connectivity index (χ0v) is 13.4. The van der Waals surface area contributed by atoms with Crippen LogP contribution in [0.2, 0.25) is 0 Å². The Morgan fingerprint density at radius 1 is 1.38 bits per heavy atom. The number of hydrogen-bond donors (Lipinski definition) is 2. The number of carbonyl (C=O) groups is 1. The van der Waals surface area contributed by atoms with E-state index in [0.29, 0.717) is 18.9 Å². The number of hydrogen-bond acceptors (Lipinski definition) is 4. The van der Waals surface area contributed by atoms with Crippen molar-refractivity contribution in [1.82, 2.24) is 4.98 Å². The molecule has 1 amide bonds. The highest BCUT2D eigenvalue weighted by molar-refractivity contribution is 5.93. The molecule has 0 aliphatic carbocycles. The second kappa shape index (κ2) is 9.34. The van der Waals surface area contributed by atoms with Gasteiger partial charge in [0.2, 0.25) is 5.91 Å². The number of anilines is 2. The molecule has 1 rings (SSSR count). The number of carbonyl (C=O) groups excluding carboxylic acids is 1. The van der Waals surface area contributed by atoms with Gasteiger partial charge in [-0.15, -0.1) is 0 Å². The first-order chi connectivity index (χ1) is 10.1. The van der Waals surface area contributed by atoms with Gasteiger partial charge < -0.3 is 16.0 Å². The first-order valence-electron chi connectivity index (χ1n) is 7.69. The zero-order chi connectivity index (χ0) is 15.7. The van der Waals surface area contributed by atoms with E-state index in [0.717, 1.165) is 37.1 Å². The fourth-order valence-electron chi connectivity index (χ4n) is 2.50. The minimum Gasteiger partial charge on any atom is -0.376 e. The third kappa shape index (κ3) is 6.12. The van der Waals surface area contributed by atoms with E-state index in [-0.39, 0.29) is 5.91 Å². The Hall–Kier alpha value is -1.62. The van der Waals surface area contributed by atoms with Gasteiger partial charge >= 0.3 is 0 Å². The minimum atomic E-state index is 0.0456. The van der Waals surface area contributed by atoms with Gasteiger partial charge in [0.15, 0.2) is 0 Å². The van der Waals surface area contributed by atoms with Crippen LogP contribution in [0.3, 0.4) is 0 Å². The predicted octanol–water partition coefficient (Wildman–Crippen LogP) is 2.63. The number of nitrogens with one attached hydrogen (secondary N) is 1. The lowest BCUT2D eigenvalue weighted by Gasteiger charge is -2.18. The molecule has 0 spiro atoms. The second-order valence-corrected chi connectivity index (χ2v) is 5.61. The van der Waals surface area contributed by atoms with E-state index < -0.39 is 0 Å². The smallest absolute Gasteiger partial charge is 0.224 e. The molecule has 1 heterocycles. The van der Waals surface area contributed by atoms with Crippen LogP contribution in [0.4, 0.5) is 11.4 Å². The average molecular weight is 292 g/mol. The highest BCUT2D eigenvalue weighted by Crippen LogP contribution is 2.23. The molecule has 118 valence electrons. The Bertz CT molecular complexity index is 428. The van der Waals surface area contributed by atoms with Gasteiger partial charge in [-0.1, -0.05) is 19.8 Å². The molecule has 1 aromatic heterocycles.